The summed E-state index contributed by atoms with van der Waals surface area (Å²) in [6.07, 6.45) is 1.33. The molecule has 0 spiro atoms. The van der Waals surface area contributed by atoms with Gasteiger partial charge in [0.05, 0.1) is 4.90 Å². The molecule has 2 heterocycles. The predicted molar refractivity (Wildman–Crippen MR) is 113 cm³/mol. The van der Waals surface area contributed by atoms with Crippen LogP contribution in [0.1, 0.15) is 26.7 Å². The monoisotopic (exact) mass is 438 g/mol. The standard InChI is InChI=1S/C20H30N4O5S/c1-15(2)22(3)30(27,28)17-8-6-16(7-9-17)21-20(26)24-12-10-23(11-13-24)19(25)18-5-4-14-29-18/h6-9,15,18H,4-5,10-14H2,1-3H3,(H,21,26). The van der Waals surface area contributed by atoms with Crippen molar-refractivity contribution in [2.75, 3.05) is 45.2 Å². The molecule has 9 nitrogen and oxygen atoms in total. The molecular formula is C20H30N4O5S. The van der Waals surface area contributed by atoms with Gasteiger partial charge in [-0.3, -0.25) is 4.79 Å². The Morgan fingerprint density at radius 1 is 1.10 bits per heavy atom. The van der Waals surface area contributed by atoms with Crippen LogP contribution >= 0.6 is 0 Å². The lowest BCUT2D eigenvalue weighted by Gasteiger charge is -2.35. The molecule has 30 heavy (non-hydrogen) atoms. The number of carbonyl (C=O) groups excluding carboxylic acids is 2. The van der Waals surface area contributed by atoms with E-state index in [0.29, 0.717) is 38.5 Å². The Morgan fingerprint density at radius 2 is 1.70 bits per heavy atom. The van der Waals surface area contributed by atoms with Gasteiger partial charge in [-0.15, -0.1) is 0 Å². The molecular weight excluding hydrogens is 408 g/mol. The molecule has 0 aromatic heterocycles. The average molecular weight is 439 g/mol. The molecule has 2 saturated heterocycles. The lowest BCUT2D eigenvalue weighted by molar-refractivity contribution is -0.142. The van der Waals surface area contributed by atoms with Gasteiger partial charge in [0.1, 0.15) is 6.10 Å². The van der Waals surface area contributed by atoms with Crippen molar-refractivity contribution in [2.45, 2.75) is 43.7 Å². The molecule has 166 valence electrons. The Hall–Kier alpha value is -2.17. The van der Waals surface area contributed by atoms with Crippen LogP contribution in [0, 0.1) is 0 Å². The number of nitrogens with zero attached hydrogens (tertiary/aromatic N) is 3. The zero-order valence-electron chi connectivity index (χ0n) is 17.7. The highest BCUT2D eigenvalue weighted by Crippen LogP contribution is 2.20. The second kappa shape index (κ2) is 9.32. The first-order valence-corrected chi connectivity index (χ1v) is 11.7. The topological polar surface area (TPSA) is 99.3 Å². The fourth-order valence-corrected chi connectivity index (χ4v) is 4.83. The van der Waals surface area contributed by atoms with Crippen LogP contribution in [0.15, 0.2) is 29.2 Å². The van der Waals surface area contributed by atoms with Gasteiger partial charge in [-0.25, -0.2) is 13.2 Å². The van der Waals surface area contributed by atoms with Crippen molar-refractivity contribution < 1.29 is 22.7 Å². The fraction of sp³-hybridized carbons (Fsp3) is 0.600. The summed E-state index contributed by atoms with van der Waals surface area (Å²) in [5, 5.41) is 2.79. The summed E-state index contributed by atoms with van der Waals surface area (Å²) >= 11 is 0. The van der Waals surface area contributed by atoms with E-state index in [0.717, 1.165) is 12.8 Å². The molecule has 2 fully saturated rings. The molecule has 0 bridgehead atoms. The van der Waals surface area contributed by atoms with Crippen molar-refractivity contribution in [3.63, 3.8) is 0 Å². The van der Waals surface area contributed by atoms with Crippen LogP contribution in [0.3, 0.4) is 0 Å². The minimum atomic E-state index is -3.56. The van der Waals surface area contributed by atoms with Gasteiger partial charge in [-0.05, 0) is 51.0 Å². The van der Waals surface area contributed by atoms with Crippen LogP contribution in [-0.4, -0.2) is 86.4 Å². The van der Waals surface area contributed by atoms with Crippen molar-refractivity contribution in [1.29, 1.82) is 0 Å². The summed E-state index contributed by atoms with van der Waals surface area (Å²) in [5.74, 6) is 0.00993. The number of nitrogens with one attached hydrogen (secondary N) is 1. The van der Waals surface area contributed by atoms with E-state index in [1.165, 1.54) is 16.4 Å². The SMILES string of the molecule is CC(C)N(C)S(=O)(=O)c1ccc(NC(=O)N2CCN(C(=O)C3CCCO3)CC2)cc1. The molecule has 2 aliphatic rings. The summed E-state index contributed by atoms with van der Waals surface area (Å²) in [6.45, 7) is 6.08. The van der Waals surface area contributed by atoms with Gasteiger partial charge in [0.25, 0.3) is 5.91 Å². The molecule has 3 rings (SSSR count). The van der Waals surface area contributed by atoms with E-state index in [1.807, 2.05) is 0 Å². The number of ether oxygens (including phenoxy) is 1. The largest absolute Gasteiger partial charge is 0.368 e. The molecule has 1 atom stereocenters. The normalized spacial score (nSPS) is 20.1. The fourth-order valence-electron chi connectivity index (χ4n) is 3.46. The van der Waals surface area contributed by atoms with Gasteiger partial charge < -0.3 is 19.9 Å². The molecule has 0 saturated carbocycles. The number of piperazine rings is 1. The maximum Gasteiger partial charge on any atom is 0.321 e. The molecule has 1 N–H and O–H groups in total. The van der Waals surface area contributed by atoms with Gasteiger partial charge in [0.15, 0.2) is 0 Å². The van der Waals surface area contributed by atoms with E-state index in [-0.39, 0.29) is 29.0 Å². The number of carbonyl (C=O) groups is 2. The summed E-state index contributed by atoms with van der Waals surface area (Å²) < 4.78 is 31.8. The van der Waals surface area contributed by atoms with Crippen molar-refractivity contribution in [3.05, 3.63) is 24.3 Å². The van der Waals surface area contributed by atoms with E-state index in [9.17, 15) is 18.0 Å². The van der Waals surface area contributed by atoms with Crippen LogP contribution in [-0.2, 0) is 19.6 Å². The predicted octanol–water partition coefficient (Wildman–Crippen LogP) is 1.57. The number of sulfonamides is 1. The Kier molecular flexibility index (Phi) is 6.99. The van der Waals surface area contributed by atoms with Crippen molar-refractivity contribution in [1.82, 2.24) is 14.1 Å². The highest BCUT2D eigenvalue weighted by molar-refractivity contribution is 7.89. The first-order valence-electron chi connectivity index (χ1n) is 10.2. The summed E-state index contributed by atoms with van der Waals surface area (Å²) in [6, 6.07) is 5.71. The third kappa shape index (κ3) is 4.93. The quantitative estimate of drug-likeness (QED) is 0.752. The Bertz CT molecular complexity index is 858. The zero-order valence-corrected chi connectivity index (χ0v) is 18.5. The second-order valence-corrected chi connectivity index (χ2v) is 9.88. The van der Waals surface area contributed by atoms with E-state index in [4.69, 9.17) is 4.74 Å². The molecule has 1 aromatic rings. The first-order chi connectivity index (χ1) is 14.2. The number of amides is 3. The molecule has 10 heteroatoms. The van der Waals surface area contributed by atoms with Crippen LogP contribution in [0.5, 0.6) is 0 Å². The average Bonchev–Trinajstić information content (AvgIpc) is 3.28. The van der Waals surface area contributed by atoms with Crippen molar-refractivity contribution in [2.24, 2.45) is 0 Å². The van der Waals surface area contributed by atoms with Crippen LogP contribution < -0.4 is 5.32 Å². The van der Waals surface area contributed by atoms with Crippen LogP contribution in [0.2, 0.25) is 0 Å². The summed E-state index contributed by atoms with van der Waals surface area (Å²) in [4.78, 5) is 28.5. The number of anilines is 1. The zero-order chi connectivity index (χ0) is 21.9. The molecule has 2 aliphatic heterocycles. The minimum absolute atomic E-state index is 0.00993. The molecule has 1 unspecified atom stereocenters. The van der Waals surface area contributed by atoms with Gasteiger partial charge >= 0.3 is 6.03 Å². The van der Waals surface area contributed by atoms with E-state index >= 15 is 0 Å². The van der Waals surface area contributed by atoms with Gasteiger partial charge in [0.2, 0.25) is 10.0 Å². The Balaban J connectivity index is 1.53. The molecule has 1 aromatic carbocycles. The molecule has 0 aliphatic carbocycles. The highest BCUT2D eigenvalue weighted by atomic mass is 32.2. The number of rotatable bonds is 5. The minimum Gasteiger partial charge on any atom is -0.368 e. The number of hydrogen-bond donors (Lipinski definition) is 1. The lowest BCUT2D eigenvalue weighted by Crippen LogP contribution is -2.53. The van der Waals surface area contributed by atoms with E-state index < -0.39 is 10.0 Å². The van der Waals surface area contributed by atoms with Gasteiger partial charge in [0, 0.05) is 51.6 Å². The smallest absolute Gasteiger partial charge is 0.321 e. The highest BCUT2D eigenvalue weighted by Gasteiger charge is 2.31. The molecule has 0 radical (unpaired) electrons. The summed E-state index contributed by atoms with van der Waals surface area (Å²) in [5.41, 5.74) is 0.518. The van der Waals surface area contributed by atoms with Crippen molar-refractivity contribution >= 4 is 27.6 Å². The summed E-state index contributed by atoms with van der Waals surface area (Å²) in [7, 11) is -2.02. The van der Waals surface area contributed by atoms with Gasteiger partial charge in [-0.1, -0.05) is 0 Å². The number of benzene rings is 1. The van der Waals surface area contributed by atoms with Crippen LogP contribution in [0.25, 0.3) is 0 Å². The third-order valence-electron chi connectivity index (χ3n) is 5.59. The van der Waals surface area contributed by atoms with Crippen molar-refractivity contribution in [3.8, 4) is 0 Å². The number of hydrogen-bond acceptors (Lipinski definition) is 5. The lowest BCUT2D eigenvalue weighted by atomic mass is 10.2. The Morgan fingerprint density at radius 3 is 2.23 bits per heavy atom. The van der Waals surface area contributed by atoms with E-state index in [2.05, 4.69) is 5.32 Å². The van der Waals surface area contributed by atoms with E-state index in [1.54, 1.807) is 42.8 Å². The number of urea groups is 1. The second-order valence-electron chi connectivity index (χ2n) is 7.88. The Labute approximate surface area is 178 Å². The van der Waals surface area contributed by atoms with Crippen LogP contribution in [0.4, 0.5) is 10.5 Å². The maximum absolute atomic E-state index is 12.5. The first kappa shape index (κ1) is 22.5. The molecule has 3 amide bonds. The maximum atomic E-state index is 12.5. The third-order valence-corrected chi connectivity index (χ3v) is 7.64. The van der Waals surface area contributed by atoms with Gasteiger partial charge in [-0.2, -0.15) is 4.31 Å².